The van der Waals surface area contributed by atoms with Gasteiger partial charge in [-0.1, -0.05) is 0 Å². The number of nitrogens with zero attached hydrogens (tertiary/aromatic N) is 1. The Hall–Kier alpha value is -0.900. The Bertz CT molecular complexity index is 413. The number of aromatic nitrogens is 1. The maximum Gasteiger partial charge on any atom is 0.217 e. The van der Waals surface area contributed by atoms with Gasteiger partial charge in [0.25, 0.3) is 0 Å². The highest BCUT2D eigenvalue weighted by atomic mass is 79.9. The van der Waals surface area contributed by atoms with Crippen LogP contribution in [0, 0.1) is 0 Å². The number of halogens is 1. The summed E-state index contributed by atoms with van der Waals surface area (Å²) >= 11 is 3.37. The lowest BCUT2D eigenvalue weighted by Crippen LogP contribution is -2.18. The van der Waals surface area contributed by atoms with Crippen molar-refractivity contribution in [2.75, 3.05) is 7.11 Å². The quantitative estimate of drug-likeness (QED) is 0.847. The number of hydrogen-bond donors (Lipinski definition) is 0. The molecule has 0 unspecified atom stereocenters. The fourth-order valence-corrected chi connectivity index (χ4v) is 2.20. The molecule has 0 saturated heterocycles. The topological polar surface area (TPSA) is 39.2 Å². The fraction of sp³-hybridized carbons (Fsp3) is 0.455. The molecule has 1 aliphatic rings. The number of ketones is 1. The zero-order chi connectivity index (χ0) is 11.1. The van der Waals surface area contributed by atoms with Crippen molar-refractivity contribution in [3.63, 3.8) is 0 Å². The summed E-state index contributed by atoms with van der Waals surface area (Å²) < 4.78 is 6.07. The maximum atomic E-state index is 11.6. The first kappa shape index (κ1) is 10.6. The largest absolute Gasteiger partial charge is 0.481 e. The predicted octanol–water partition coefficient (Wildman–Crippen LogP) is 2.47. The molecule has 0 aromatic carbocycles. The summed E-state index contributed by atoms with van der Waals surface area (Å²) in [6, 6.07) is 1.93. The van der Waals surface area contributed by atoms with E-state index in [-0.39, 0.29) is 11.2 Å². The molecule has 4 heteroatoms. The summed E-state index contributed by atoms with van der Waals surface area (Å²) in [4.78, 5) is 15.8. The predicted molar refractivity (Wildman–Crippen MR) is 60.1 cm³/mol. The molecule has 1 fully saturated rings. The maximum absolute atomic E-state index is 11.6. The summed E-state index contributed by atoms with van der Waals surface area (Å²) in [5.41, 5.74) is 0.578. The molecule has 3 nitrogen and oxygen atoms in total. The molecular formula is C11H12BrNO2. The second kappa shape index (κ2) is 3.59. The van der Waals surface area contributed by atoms with Gasteiger partial charge in [0, 0.05) is 16.2 Å². The van der Waals surface area contributed by atoms with Crippen LogP contribution in [0.25, 0.3) is 0 Å². The smallest absolute Gasteiger partial charge is 0.217 e. The van der Waals surface area contributed by atoms with Gasteiger partial charge < -0.3 is 4.74 Å². The monoisotopic (exact) mass is 269 g/mol. The highest BCUT2D eigenvalue weighted by molar-refractivity contribution is 9.10. The number of carbonyl (C=O) groups is 1. The van der Waals surface area contributed by atoms with Crippen LogP contribution in [0.2, 0.25) is 0 Å². The van der Waals surface area contributed by atoms with Crippen molar-refractivity contribution in [1.29, 1.82) is 0 Å². The number of carbonyl (C=O) groups excluding carboxylic acids is 1. The van der Waals surface area contributed by atoms with Crippen molar-refractivity contribution in [1.82, 2.24) is 4.98 Å². The molecule has 0 atom stereocenters. The summed E-state index contributed by atoms with van der Waals surface area (Å²) in [6.45, 7) is 1.63. The highest BCUT2D eigenvalue weighted by Gasteiger charge is 2.50. The van der Waals surface area contributed by atoms with Gasteiger partial charge in [0.2, 0.25) is 5.88 Å². The lowest BCUT2D eigenvalue weighted by molar-refractivity contribution is -0.119. The molecule has 1 aromatic heterocycles. The van der Waals surface area contributed by atoms with E-state index in [0.29, 0.717) is 5.88 Å². The van der Waals surface area contributed by atoms with Gasteiger partial charge >= 0.3 is 0 Å². The van der Waals surface area contributed by atoms with Crippen LogP contribution in [-0.2, 0) is 10.2 Å². The first-order valence-corrected chi connectivity index (χ1v) is 5.60. The van der Waals surface area contributed by atoms with Gasteiger partial charge in [-0.25, -0.2) is 4.98 Å². The molecule has 0 bridgehead atoms. The van der Waals surface area contributed by atoms with E-state index in [9.17, 15) is 4.79 Å². The molecule has 0 radical (unpaired) electrons. The Balaban J connectivity index is 2.51. The van der Waals surface area contributed by atoms with E-state index >= 15 is 0 Å². The molecule has 1 heterocycles. The Morgan fingerprint density at radius 1 is 1.60 bits per heavy atom. The van der Waals surface area contributed by atoms with Gasteiger partial charge in [-0.2, -0.15) is 0 Å². The van der Waals surface area contributed by atoms with Crippen molar-refractivity contribution < 1.29 is 9.53 Å². The minimum Gasteiger partial charge on any atom is -0.481 e. The van der Waals surface area contributed by atoms with Crippen LogP contribution < -0.4 is 4.74 Å². The third kappa shape index (κ3) is 1.67. The van der Waals surface area contributed by atoms with E-state index in [2.05, 4.69) is 20.9 Å². The van der Waals surface area contributed by atoms with E-state index in [4.69, 9.17) is 4.74 Å². The summed E-state index contributed by atoms with van der Waals surface area (Å²) in [7, 11) is 1.58. The second-order valence-electron chi connectivity index (χ2n) is 3.85. The molecule has 0 amide bonds. The van der Waals surface area contributed by atoms with Crippen molar-refractivity contribution in [3.05, 3.63) is 22.3 Å². The third-order valence-corrected chi connectivity index (χ3v) is 3.38. The molecule has 80 valence electrons. The number of methoxy groups -OCH3 is 1. The van der Waals surface area contributed by atoms with Gasteiger partial charge in [-0.3, -0.25) is 4.79 Å². The normalized spacial score (nSPS) is 17.3. The number of rotatable bonds is 3. The van der Waals surface area contributed by atoms with Gasteiger partial charge in [0.1, 0.15) is 5.78 Å². The Labute approximate surface area is 97.0 Å². The van der Waals surface area contributed by atoms with E-state index in [1.54, 1.807) is 20.2 Å². The first-order valence-electron chi connectivity index (χ1n) is 4.81. The Kier molecular flexibility index (Phi) is 2.54. The van der Waals surface area contributed by atoms with Gasteiger partial charge in [-0.15, -0.1) is 0 Å². The van der Waals surface area contributed by atoms with Crippen LogP contribution in [0.1, 0.15) is 25.3 Å². The van der Waals surface area contributed by atoms with E-state index in [1.807, 2.05) is 6.07 Å². The van der Waals surface area contributed by atoms with Crippen molar-refractivity contribution in [2.45, 2.75) is 25.2 Å². The van der Waals surface area contributed by atoms with Crippen molar-refractivity contribution in [2.24, 2.45) is 0 Å². The molecule has 1 saturated carbocycles. The molecule has 15 heavy (non-hydrogen) atoms. The lowest BCUT2D eigenvalue weighted by atomic mass is 9.93. The van der Waals surface area contributed by atoms with Gasteiger partial charge in [0.05, 0.1) is 12.5 Å². The molecule has 2 rings (SSSR count). The summed E-state index contributed by atoms with van der Waals surface area (Å²) in [6.07, 6.45) is 3.48. The molecule has 0 spiro atoms. The average Bonchev–Trinajstić information content (AvgIpc) is 2.98. The van der Waals surface area contributed by atoms with E-state index in [0.717, 1.165) is 22.9 Å². The fourth-order valence-electron chi connectivity index (χ4n) is 1.87. The Morgan fingerprint density at radius 3 is 2.73 bits per heavy atom. The zero-order valence-corrected chi connectivity index (χ0v) is 10.3. The SMILES string of the molecule is COc1ncc(Br)cc1C1(C(C)=O)CC1. The summed E-state index contributed by atoms with van der Waals surface area (Å²) in [5.74, 6) is 0.756. The molecule has 1 aromatic rings. The molecule has 0 aliphatic heterocycles. The average molecular weight is 270 g/mol. The van der Waals surface area contributed by atoms with Crippen LogP contribution in [0.15, 0.2) is 16.7 Å². The zero-order valence-electron chi connectivity index (χ0n) is 8.71. The van der Waals surface area contributed by atoms with E-state index in [1.165, 1.54) is 0 Å². The van der Waals surface area contributed by atoms with Crippen molar-refractivity contribution >= 4 is 21.7 Å². The number of pyridine rings is 1. The van der Waals surface area contributed by atoms with Crippen LogP contribution >= 0.6 is 15.9 Å². The van der Waals surface area contributed by atoms with Gasteiger partial charge in [0.15, 0.2) is 0 Å². The van der Waals surface area contributed by atoms with E-state index < -0.39 is 0 Å². The number of hydrogen-bond acceptors (Lipinski definition) is 3. The van der Waals surface area contributed by atoms with Crippen LogP contribution in [0.4, 0.5) is 0 Å². The Morgan fingerprint density at radius 2 is 2.27 bits per heavy atom. The van der Waals surface area contributed by atoms with Crippen LogP contribution in [0.3, 0.4) is 0 Å². The van der Waals surface area contributed by atoms with Gasteiger partial charge in [-0.05, 0) is 41.8 Å². The first-order chi connectivity index (χ1) is 7.10. The number of Topliss-reactive ketones (excluding diaryl/α,β-unsaturated/α-hetero) is 1. The second-order valence-corrected chi connectivity index (χ2v) is 4.76. The highest BCUT2D eigenvalue weighted by Crippen LogP contribution is 2.51. The van der Waals surface area contributed by atoms with Crippen molar-refractivity contribution in [3.8, 4) is 5.88 Å². The molecule has 0 N–H and O–H groups in total. The standard InChI is InChI=1S/C11H12BrNO2/c1-7(14)11(3-4-11)9-5-8(12)6-13-10(9)15-2/h5-6H,3-4H2,1-2H3. The lowest BCUT2D eigenvalue weighted by Gasteiger charge is -2.15. The minimum atomic E-state index is -0.331. The van der Waals surface area contributed by atoms with Crippen LogP contribution in [0.5, 0.6) is 5.88 Å². The molecule has 1 aliphatic carbocycles. The summed E-state index contributed by atoms with van der Waals surface area (Å²) in [5, 5.41) is 0. The number of ether oxygens (including phenoxy) is 1. The van der Waals surface area contributed by atoms with Crippen LogP contribution in [-0.4, -0.2) is 17.9 Å². The third-order valence-electron chi connectivity index (χ3n) is 2.95. The minimum absolute atomic E-state index is 0.195. The molecular weight excluding hydrogens is 258 g/mol.